The number of aromatic amines is 1. The number of hydrogen-bond acceptors (Lipinski definition) is 4. The second kappa shape index (κ2) is 5.65. The monoisotopic (exact) mass is 285 g/mol. The lowest BCUT2D eigenvalue weighted by atomic mass is 10.1. The van der Waals surface area contributed by atoms with Crippen LogP contribution >= 0.6 is 0 Å². The molecular weight excluding hydrogens is 266 g/mol. The molecule has 1 aromatic heterocycles. The van der Waals surface area contributed by atoms with E-state index >= 15 is 0 Å². The Bertz CT molecular complexity index is 662. The minimum atomic E-state index is -0.253. The summed E-state index contributed by atoms with van der Waals surface area (Å²) < 4.78 is 0. The summed E-state index contributed by atoms with van der Waals surface area (Å²) >= 11 is 0. The molecule has 2 heterocycles. The van der Waals surface area contributed by atoms with Gasteiger partial charge in [-0.15, -0.1) is 5.10 Å². The van der Waals surface area contributed by atoms with Crippen molar-refractivity contribution in [1.82, 2.24) is 25.8 Å². The fourth-order valence-electron chi connectivity index (χ4n) is 2.35. The zero-order valence-electron chi connectivity index (χ0n) is 12.2. The Hall–Kier alpha value is -2.21. The summed E-state index contributed by atoms with van der Waals surface area (Å²) in [5, 5.41) is 12.9. The normalized spacial score (nSPS) is 13.5. The number of carbonyl (C=O) groups is 1. The number of benzene rings is 1. The molecule has 6 heteroatoms. The van der Waals surface area contributed by atoms with E-state index < -0.39 is 0 Å². The van der Waals surface area contributed by atoms with Gasteiger partial charge in [0.15, 0.2) is 0 Å². The average molecular weight is 285 g/mol. The summed E-state index contributed by atoms with van der Waals surface area (Å²) in [5.74, 6) is 0.894. The van der Waals surface area contributed by atoms with Crippen LogP contribution in [0.15, 0.2) is 18.2 Å². The Morgan fingerprint density at radius 2 is 2.14 bits per heavy atom. The van der Waals surface area contributed by atoms with Gasteiger partial charge in [0.2, 0.25) is 5.82 Å². The summed E-state index contributed by atoms with van der Waals surface area (Å²) in [6.07, 6.45) is 0. The SMILES string of the molecule is CC(C)c1nc(C(=O)NCc2ccc3c(c2)CNC3)n[nH]1. The third-order valence-electron chi connectivity index (χ3n) is 3.61. The van der Waals surface area contributed by atoms with Gasteiger partial charge in [0.05, 0.1) is 0 Å². The Morgan fingerprint density at radius 3 is 2.90 bits per heavy atom. The number of hydrogen-bond donors (Lipinski definition) is 3. The molecule has 0 unspecified atom stereocenters. The van der Waals surface area contributed by atoms with Crippen molar-refractivity contribution in [3.05, 3.63) is 46.5 Å². The van der Waals surface area contributed by atoms with Crippen molar-refractivity contribution < 1.29 is 4.79 Å². The van der Waals surface area contributed by atoms with E-state index in [-0.39, 0.29) is 17.6 Å². The van der Waals surface area contributed by atoms with Crippen LogP contribution in [0.2, 0.25) is 0 Å². The standard InChI is InChI=1S/C15H19N5O/c1-9(2)13-18-14(20-19-13)15(21)17-6-10-3-4-11-7-16-8-12(11)5-10/h3-5,9,16H,6-8H2,1-2H3,(H,17,21)(H,18,19,20). The summed E-state index contributed by atoms with van der Waals surface area (Å²) in [6.45, 7) is 6.31. The average Bonchev–Trinajstić information content (AvgIpc) is 3.12. The predicted octanol–water partition coefficient (Wildman–Crippen LogP) is 1.46. The van der Waals surface area contributed by atoms with Gasteiger partial charge in [-0.2, -0.15) is 0 Å². The lowest BCUT2D eigenvalue weighted by molar-refractivity contribution is 0.0941. The van der Waals surface area contributed by atoms with Crippen LogP contribution in [-0.4, -0.2) is 21.1 Å². The van der Waals surface area contributed by atoms with Crippen molar-refractivity contribution in [2.75, 3.05) is 0 Å². The van der Waals surface area contributed by atoms with Crippen molar-refractivity contribution in [1.29, 1.82) is 0 Å². The van der Waals surface area contributed by atoms with Gasteiger partial charge < -0.3 is 10.6 Å². The fraction of sp³-hybridized carbons (Fsp3) is 0.400. The zero-order chi connectivity index (χ0) is 14.8. The Balaban J connectivity index is 1.62. The molecule has 0 aliphatic carbocycles. The van der Waals surface area contributed by atoms with Crippen LogP contribution in [-0.2, 0) is 19.6 Å². The molecule has 1 aliphatic rings. The summed E-state index contributed by atoms with van der Waals surface area (Å²) in [7, 11) is 0. The number of H-pyrrole nitrogens is 1. The van der Waals surface area contributed by atoms with E-state index in [4.69, 9.17) is 0 Å². The lowest BCUT2D eigenvalue weighted by Crippen LogP contribution is -2.24. The minimum absolute atomic E-state index is 0.196. The van der Waals surface area contributed by atoms with Gasteiger partial charge in [0, 0.05) is 25.6 Å². The summed E-state index contributed by atoms with van der Waals surface area (Å²) in [5.41, 5.74) is 3.73. The molecule has 2 aromatic rings. The molecule has 0 atom stereocenters. The van der Waals surface area contributed by atoms with Crippen LogP contribution in [0.4, 0.5) is 0 Å². The van der Waals surface area contributed by atoms with Gasteiger partial charge in [-0.25, -0.2) is 4.98 Å². The van der Waals surface area contributed by atoms with Crippen LogP contribution in [0.3, 0.4) is 0 Å². The maximum absolute atomic E-state index is 12.0. The second-order valence-electron chi connectivity index (χ2n) is 5.59. The molecule has 0 spiro atoms. The molecule has 0 radical (unpaired) electrons. The first-order valence-corrected chi connectivity index (χ1v) is 7.15. The van der Waals surface area contributed by atoms with E-state index in [1.807, 2.05) is 19.9 Å². The van der Waals surface area contributed by atoms with Gasteiger partial charge in [-0.1, -0.05) is 32.0 Å². The van der Waals surface area contributed by atoms with Crippen LogP contribution < -0.4 is 10.6 Å². The van der Waals surface area contributed by atoms with Crippen molar-refractivity contribution in [3.8, 4) is 0 Å². The molecule has 0 fully saturated rings. The summed E-state index contributed by atoms with van der Waals surface area (Å²) in [4.78, 5) is 16.2. The number of rotatable bonds is 4. The highest BCUT2D eigenvalue weighted by Crippen LogP contribution is 2.17. The van der Waals surface area contributed by atoms with Crippen LogP contribution in [0.5, 0.6) is 0 Å². The Kier molecular flexibility index (Phi) is 3.70. The number of amides is 1. The third kappa shape index (κ3) is 2.95. The van der Waals surface area contributed by atoms with Crippen LogP contribution in [0, 0.1) is 0 Å². The van der Waals surface area contributed by atoms with Crippen LogP contribution in [0.25, 0.3) is 0 Å². The number of carbonyl (C=O) groups excluding carboxylic acids is 1. The number of nitrogens with zero attached hydrogens (tertiary/aromatic N) is 2. The quantitative estimate of drug-likeness (QED) is 0.794. The van der Waals surface area contributed by atoms with E-state index in [9.17, 15) is 4.79 Å². The molecule has 0 saturated heterocycles. The van der Waals surface area contributed by atoms with Gasteiger partial charge in [0.1, 0.15) is 5.82 Å². The first-order valence-electron chi connectivity index (χ1n) is 7.15. The highest BCUT2D eigenvalue weighted by molar-refractivity contribution is 5.90. The largest absolute Gasteiger partial charge is 0.345 e. The number of nitrogens with one attached hydrogen (secondary N) is 3. The van der Waals surface area contributed by atoms with E-state index in [0.717, 1.165) is 24.5 Å². The van der Waals surface area contributed by atoms with Crippen LogP contribution in [0.1, 0.15) is 52.9 Å². The molecule has 110 valence electrons. The van der Waals surface area contributed by atoms with Gasteiger partial charge in [-0.3, -0.25) is 9.89 Å². The first-order chi connectivity index (χ1) is 10.1. The fourth-order valence-corrected chi connectivity index (χ4v) is 2.35. The van der Waals surface area contributed by atoms with Gasteiger partial charge in [0.25, 0.3) is 5.91 Å². The molecule has 1 aromatic carbocycles. The van der Waals surface area contributed by atoms with Gasteiger partial charge in [-0.05, 0) is 16.7 Å². The van der Waals surface area contributed by atoms with Crippen molar-refractivity contribution in [2.45, 2.75) is 39.4 Å². The number of aromatic nitrogens is 3. The molecular formula is C15H19N5O. The highest BCUT2D eigenvalue weighted by Gasteiger charge is 2.14. The van der Waals surface area contributed by atoms with E-state index in [2.05, 4.69) is 37.9 Å². The van der Waals surface area contributed by atoms with Crippen molar-refractivity contribution >= 4 is 5.91 Å². The number of fused-ring (bicyclic) bond motifs is 1. The Labute approximate surface area is 123 Å². The molecule has 6 nitrogen and oxygen atoms in total. The summed E-state index contributed by atoms with van der Waals surface area (Å²) in [6, 6.07) is 6.29. The maximum atomic E-state index is 12.0. The third-order valence-corrected chi connectivity index (χ3v) is 3.61. The topological polar surface area (TPSA) is 82.7 Å². The van der Waals surface area contributed by atoms with E-state index in [0.29, 0.717) is 6.54 Å². The molecule has 3 N–H and O–H groups in total. The second-order valence-corrected chi connectivity index (χ2v) is 5.59. The highest BCUT2D eigenvalue weighted by atomic mass is 16.2. The van der Waals surface area contributed by atoms with E-state index in [1.54, 1.807) is 0 Å². The van der Waals surface area contributed by atoms with E-state index in [1.165, 1.54) is 11.1 Å². The molecule has 0 bridgehead atoms. The van der Waals surface area contributed by atoms with Crippen molar-refractivity contribution in [3.63, 3.8) is 0 Å². The predicted molar refractivity (Wildman–Crippen MR) is 78.6 cm³/mol. The Morgan fingerprint density at radius 1 is 1.33 bits per heavy atom. The smallest absolute Gasteiger partial charge is 0.291 e. The first kappa shape index (κ1) is 13.8. The zero-order valence-corrected chi connectivity index (χ0v) is 12.2. The minimum Gasteiger partial charge on any atom is -0.345 e. The maximum Gasteiger partial charge on any atom is 0.291 e. The van der Waals surface area contributed by atoms with Gasteiger partial charge >= 0.3 is 0 Å². The molecule has 0 saturated carbocycles. The lowest BCUT2D eigenvalue weighted by Gasteiger charge is -2.05. The van der Waals surface area contributed by atoms with Crippen molar-refractivity contribution in [2.24, 2.45) is 0 Å². The molecule has 1 aliphatic heterocycles. The molecule has 3 rings (SSSR count). The molecule has 21 heavy (non-hydrogen) atoms. The molecule has 1 amide bonds.